The van der Waals surface area contributed by atoms with Gasteiger partial charge in [-0.15, -0.1) is 11.3 Å². The highest BCUT2D eigenvalue weighted by Gasteiger charge is 2.21. The summed E-state index contributed by atoms with van der Waals surface area (Å²) in [5, 5.41) is 6.45. The summed E-state index contributed by atoms with van der Waals surface area (Å²) in [5.41, 5.74) is 3.07. The van der Waals surface area contributed by atoms with Gasteiger partial charge in [-0.1, -0.05) is 23.7 Å². The largest absolute Gasteiger partial charge is 0.299 e. The zero-order valence-corrected chi connectivity index (χ0v) is 18.3. The van der Waals surface area contributed by atoms with Crippen LogP contribution in [0.4, 0.5) is 0 Å². The maximum absolute atomic E-state index is 12.4. The number of benzene rings is 1. The molecular weight excluding hydrogens is 404 g/mol. The first-order chi connectivity index (χ1) is 14.0. The molecule has 4 rings (SSSR count). The van der Waals surface area contributed by atoms with E-state index < -0.39 is 0 Å². The molecule has 152 valence electrons. The van der Waals surface area contributed by atoms with Gasteiger partial charge < -0.3 is 0 Å². The standard InChI is InChI=1S/C22H25ClN4OS/c1-15-22(29-16(2)24-15)20-7-8-21(28)27(25-20)14-18-9-11-26(12-10-18)13-17-3-5-19(23)6-4-17/h3-8,18H,9-14H2,1-2H3. The fourth-order valence-corrected chi connectivity index (χ4v) is 4.90. The van der Waals surface area contributed by atoms with Crippen LogP contribution < -0.4 is 5.56 Å². The molecule has 29 heavy (non-hydrogen) atoms. The minimum Gasteiger partial charge on any atom is -0.299 e. The van der Waals surface area contributed by atoms with E-state index in [9.17, 15) is 4.79 Å². The van der Waals surface area contributed by atoms with Crippen molar-refractivity contribution in [2.24, 2.45) is 5.92 Å². The number of hydrogen-bond acceptors (Lipinski definition) is 5. The molecule has 3 heterocycles. The lowest BCUT2D eigenvalue weighted by Gasteiger charge is -2.32. The maximum Gasteiger partial charge on any atom is 0.266 e. The van der Waals surface area contributed by atoms with Crippen molar-refractivity contribution in [3.63, 3.8) is 0 Å². The molecule has 0 amide bonds. The highest BCUT2D eigenvalue weighted by molar-refractivity contribution is 7.15. The first kappa shape index (κ1) is 20.3. The minimum absolute atomic E-state index is 0.0313. The molecule has 1 fully saturated rings. The van der Waals surface area contributed by atoms with E-state index in [-0.39, 0.29) is 5.56 Å². The summed E-state index contributed by atoms with van der Waals surface area (Å²) in [6.45, 7) is 7.69. The van der Waals surface area contributed by atoms with Gasteiger partial charge in [-0.25, -0.2) is 9.67 Å². The van der Waals surface area contributed by atoms with E-state index in [4.69, 9.17) is 11.6 Å². The third-order valence-electron chi connectivity index (χ3n) is 5.46. The van der Waals surface area contributed by atoms with Crippen LogP contribution >= 0.6 is 22.9 Å². The first-order valence-electron chi connectivity index (χ1n) is 9.97. The molecule has 7 heteroatoms. The highest BCUT2D eigenvalue weighted by atomic mass is 35.5. The third kappa shape index (κ3) is 4.94. The Kier molecular flexibility index (Phi) is 6.13. The van der Waals surface area contributed by atoms with Gasteiger partial charge in [-0.05, 0) is 69.5 Å². The van der Waals surface area contributed by atoms with Gasteiger partial charge in [0.1, 0.15) is 5.69 Å². The number of aromatic nitrogens is 3. The Morgan fingerprint density at radius 2 is 1.83 bits per heavy atom. The number of likely N-dealkylation sites (tertiary alicyclic amines) is 1. The average molecular weight is 429 g/mol. The fraction of sp³-hybridized carbons (Fsp3) is 0.409. The summed E-state index contributed by atoms with van der Waals surface area (Å²) in [6.07, 6.45) is 2.15. The van der Waals surface area contributed by atoms with Crippen LogP contribution in [0.5, 0.6) is 0 Å². The molecule has 5 nitrogen and oxygen atoms in total. The summed E-state index contributed by atoms with van der Waals surface area (Å²) in [5.74, 6) is 0.473. The number of halogens is 1. The third-order valence-corrected chi connectivity index (χ3v) is 6.81. The zero-order chi connectivity index (χ0) is 20.4. The molecule has 0 spiro atoms. The van der Waals surface area contributed by atoms with Gasteiger partial charge in [0.2, 0.25) is 0 Å². The number of aryl methyl sites for hydroxylation is 2. The Balaban J connectivity index is 1.39. The van der Waals surface area contributed by atoms with Crippen LogP contribution in [-0.4, -0.2) is 32.8 Å². The van der Waals surface area contributed by atoms with E-state index in [1.165, 1.54) is 5.56 Å². The average Bonchev–Trinajstić information content (AvgIpc) is 3.05. The number of nitrogens with zero attached hydrogens (tertiary/aromatic N) is 4. The summed E-state index contributed by atoms with van der Waals surface area (Å²) in [7, 11) is 0. The molecule has 0 N–H and O–H groups in total. The summed E-state index contributed by atoms with van der Waals surface area (Å²) in [4.78, 5) is 20.4. The van der Waals surface area contributed by atoms with E-state index in [1.54, 1.807) is 22.1 Å². The van der Waals surface area contributed by atoms with Gasteiger partial charge >= 0.3 is 0 Å². The second-order valence-corrected chi connectivity index (χ2v) is 9.37. The van der Waals surface area contributed by atoms with Gasteiger partial charge in [-0.3, -0.25) is 9.69 Å². The summed E-state index contributed by atoms with van der Waals surface area (Å²) >= 11 is 7.60. The van der Waals surface area contributed by atoms with Crippen molar-refractivity contribution in [3.05, 3.63) is 68.0 Å². The van der Waals surface area contributed by atoms with Crippen LogP contribution in [-0.2, 0) is 13.1 Å². The first-order valence-corrected chi connectivity index (χ1v) is 11.2. The van der Waals surface area contributed by atoms with Crippen molar-refractivity contribution in [2.75, 3.05) is 13.1 Å². The van der Waals surface area contributed by atoms with Gasteiger partial charge in [0.05, 0.1) is 15.6 Å². The second kappa shape index (κ2) is 8.78. The lowest BCUT2D eigenvalue weighted by molar-refractivity contribution is 0.163. The lowest BCUT2D eigenvalue weighted by Crippen LogP contribution is -2.36. The van der Waals surface area contributed by atoms with Crippen LogP contribution in [0.3, 0.4) is 0 Å². The smallest absolute Gasteiger partial charge is 0.266 e. The minimum atomic E-state index is -0.0313. The number of rotatable bonds is 5. The van der Waals surface area contributed by atoms with Crippen LogP contribution in [0.2, 0.25) is 5.02 Å². The van der Waals surface area contributed by atoms with Crippen molar-refractivity contribution in [2.45, 2.75) is 39.8 Å². The van der Waals surface area contributed by atoms with Gasteiger partial charge in [-0.2, -0.15) is 5.10 Å². The number of thiazole rings is 1. The highest BCUT2D eigenvalue weighted by Crippen LogP contribution is 2.27. The fourth-order valence-electron chi connectivity index (χ4n) is 3.89. The molecule has 0 aliphatic carbocycles. The molecule has 1 aliphatic rings. The Labute approximate surface area is 180 Å². The van der Waals surface area contributed by atoms with Crippen molar-refractivity contribution >= 4 is 22.9 Å². The van der Waals surface area contributed by atoms with Crippen LogP contribution in [0.15, 0.2) is 41.2 Å². The maximum atomic E-state index is 12.4. The normalized spacial score (nSPS) is 15.7. The Bertz CT molecular complexity index is 1040. The van der Waals surface area contributed by atoms with Crippen LogP contribution in [0, 0.1) is 19.8 Å². The number of hydrogen-bond donors (Lipinski definition) is 0. The van der Waals surface area contributed by atoms with E-state index >= 15 is 0 Å². The van der Waals surface area contributed by atoms with E-state index in [0.717, 1.165) is 58.8 Å². The molecule has 0 unspecified atom stereocenters. The van der Waals surface area contributed by atoms with E-state index in [2.05, 4.69) is 27.1 Å². The summed E-state index contributed by atoms with van der Waals surface area (Å²) in [6, 6.07) is 11.5. The van der Waals surface area contributed by atoms with Crippen LogP contribution in [0.25, 0.3) is 10.6 Å². The molecule has 1 aliphatic heterocycles. The SMILES string of the molecule is Cc1nc(C)c(-c2ccc(=O)n(CC3CCN(Cc4ccc(Cl)cc4)CC3)n2)s1. The molecular formula is C22H25ClN4OS. The zero-order valence-electron chi connectivity index (χ0n) is 16.8. The van der Waals surface area contributed by atoms with Crippen molar-refractivity contribution in [1.82, 2.24) is 19.7 Å². The Morgan fingerprint density at radius 3 is 2.48 bits per heavy atom. The van der Waals surface area contributed by atoms with Gasteiger partial charge in [0, 0.05) is 24.2 Å². The quantitative estimate of drug-likeness (QED) is 0.598. The second-order valence-electron chi connectivity index (χ2n) is 7.73. The molecule has 0 atom stereocenters. The predicted octanol–water partition coefficient (Wildman–Crippen LogP) is 4.55. The van der Waals surface area contributed by atoms with Crippen LogP contribution in [0.1, 0.15) is 29.1 Å². The predicted molar refractivity (Wildman–Crippen MR) is 119 cm³/mol. The Morgan fingerprint density at radius 1 is 1.10 bits per heavy atom. The molecule has 0 saturated carbocycles. The topological polar surface area (TPSA) is 51.0 Å². The van der Waals surface area contributed by atoms with Gasteiger partial charge in [0.25, 0.3) is 5.56 Å². The Hall–Kier alpha value is -2.02. The molecule has 3 aromatic rings. The van der Waals surface area contributed by atoms with E-state index in [1.807, 2.05) is 32.0 Å². The van der Waals surface area contributed by atoms with Crippen molar-refractivity contribution in [1.29, 1.82) is 0 Å². The van der Waals surface area contributed by atoms with E-state index in [0.29, 0.717) is 12.5 Å². The molecule has 0 bridgehead atoms. The molecule has 2 aromatic heterocycles. The van der Waals surface area contributed by atoms with Crippen molar-refractivity contribution in [3.8, 4) is 10.6 Å². The number of piperidine rings is 1. The van der Waals surface area contributed by atoms with Gasteiger partial charge in [0.15, 0.2) is 0 Å². The molecule has 1 aromatic carbocycles. The monoisotopic (exact) mass is 428 g/mol. The molecule has 1 saturated heterocycles. The summed E-state index contributed by atoms with van der Waals surface area (Å²) < 4.78 is 1.64. The van der Waals surface area contributed by atoms with Crippen molar-refractivity contribution < 1.29 is 0 Å². The lowest BCUT2D eigenvalue weighted by atomic mass is 9.96. The molecule has 0 radical (unpaired) electrons.